The predicted octanol–water partition coefficient (Wildman–Crippen LogP) is 1.83. The van der Waals surface area contributed by atoms with Crippen LogP contribution in [0.5, 0.6) is 0 Å². The van der Waals surface area contributed by atoms with Crippen molar-refractivity contribution in [1.29, 1.82) is 0 Å². The Bertz CT molecular complexity index is 453. The topological polar surface area (TPSA) is 45.2 Å². The lowest BCUT2D eigenvalue weighted by Gasteiger charge is -2.36. The van der Waals surface area contributed by atoms with E-state index in [0.717, 1.165) is 11.3 Å². The first-order valence-corrected chi connectivity index (χ1v) is 7.05. The minimum absolute atomic E-state index is 0.0314. The lowest BCUT2D eigenvalue weighted by Crippen LogP contribution is -2.48. The summed E-state index contributed by atoms with van der Waals surface area (Å²) in [5.41, 5.74) is 0.823. The molecule has 1 aromatic heterocycles. The summed E-state index contributed by atoms with van der Waals surface area (Å²) in [6.07, 6.45) is 2.62. The average molecular weight is 279 g/mol. The van der Waals surface area contributed by atoms with Crippen LogP contribution in [0, 0.1) is 6.92 Å². The Labute approximate surface area is 119 Å². The van der Waals surface area contributed by atoms with Crippen LogP contribution < -0.4 is 5.32 Å². The standard InChI is InChI=1S/C15H22FN3O/c1-12-3-4-14(18-9-12)10-17-11-15(16)5-7-19(8-6-15)13(2)20/h3-4,9,17H,5-8,10-11H2,1-2H3. The normalized spacial score (nSPS) is 18.1. The lowest BCUT2D eigenvalue weighted by molar-refractivity contribution is -0.131. The lowest BCUT2D eigenvalue weighted by atomic mass is 9.93. The van der Waals surface area contributed by atoms with E-state index >= 15 is 0 Å². The Morgan fingerprint density at radius 3 is 2.70 bits per heavy atom. The Kier molecular flexibility index (Phi) is 4.70. The number of alkyl halides is 1. The van der Waals surface area contributed by atoms with E-state index in [9.17, 15) is 9.18 Å². The third-order valence-electron chi connectivity index (χ3n) is 3.83. The summed E-state index contributed by atoms with van der Waals surface area (Å²) in [4.78, 5) is 17.2. The van der Waals surface area contributed by atoms with Gasteiger partial charge in [-0.3, -0.25) is 9.78 Å². The SMILES string of the molecule is CC(=O)N1CCC(F)(CNCc2ccc(C)cn2)CC1. The van der Waals surface area contributed by atoms with Gasteiger partial charge < -0.3 is 10.2 Å². The summed E-state index contributed by atoms with van der Waals surface area (Å²) in [6, 6.07) is 3.95. The number of aryl methyl sites for hydroxylation is 1. The molecule has 20 heavy (non-hydrogen) atoms. The van der Waals surface area contributed by atoms with Gasteiger partial charge in [-0.2, -0.15) is 0 Å². The zero-order valence-corrected chi connectivity index (χ0v) is 12.2. The third-order valence-corrected chi connectivity index (χ3v) is 3.83. The van der Waals surface area contributed by atoms with Gasteiger partial charge in [-0.1, -0.05) is 6.07 Å². The fourth-order valence-corrected chi connectivity index (χ4v) is 2.42. The number of likely N-dealkylation sites (tertiary alicyclic amines) is 1. The van der Waals surface area contributed by atoms with Gasteiger partial charge in [0.2, 0.25) is 5.91 Å². The molecule has 0 unspecified atom stereocenters. The van der Waals surface area contributed by atoms with Gasteiger partial charge in [-0.05, 0) is 18.6 Å². The van der Waals surface area contributed by atoms with Gasteiger partial charge in [0.15, 0.2) is 0 Å². The number of hydrogen-bond donors (Lipinski definition) is 1. The number of carbonyl (C=O) groups excluding carboxylic acids is 1. The van der Waals surface area contributed by atoms with E-state index in [2.05, 4.69) is 10.3 Å². The van der Waals surface area contributed by atoms with Crippen molar-refractivity contribution in [2.75, 3.05) is 19.6 Å². The zero-order chi connectivity index (χ0) is 14.6. The molecule has 0 saturated carbocycles. The molecule has 4 nitrogen and oxygen atoms in total. The number of amides is 1. The summed E-state index contributed by atoms with van der Waals surface area (Å²) < 4.78 is 14.6. The number of aromatic nitrogens is 1. The predicted molar refractivity (Wildman–Crippen MR) is 76.0 cm³/mol. The van der Waals surface area contributed by atoms with E-state index in [0.29, 0.717) is 39.0 Å². The smallest absolute Gasteiger partial charge is 0.219 e. The molecule has 0 spiro atoms. The largest absolute Gasteiger partial charge is 0.343 e. The monoisotopic (exact) mass is 279 g/mol. The van der Waals surface area contributed by atoms with Crippen molar-refractivity contribution in [1.82, 2.24) is 15.2 Å². The summed E-state index contributed by atoms with van der Waals surface area (Å²) in [5.74, 6) is 0.0314. The highest BCUT2D eigenvalue weighted by atomic mass is 19.1. The summed E-state index contributed by atoms with van der Waals surface area (Å²) >= 11 is 0. The van der Waals surface area contributed by atoms with Crippen molar-refractivity contribution < 1.29 is 9.18 Å². The second-order valence-electron chi connectivity index (χ2n) is 5.59. The zero-order valence-electron chi connectivity index (χ0n) is 12.2. The van der Waals surface area contributed by atoms with Crippen LogP contribution in [0.15, 0.2) is 18.3 Å². The van der Waals surface area contributed by atoms with Crippen LogP contribution in [0.3, 0.4) is 0 Å². The molecule has 1 aromatic rings. The van der Waals surface area contributed by atoms with Gasteiger partial charge in [0.05, 0.1) is 5.69 Å². The van der Waals surface area contributed by atoms with E-state index in [1.165, 1.54) is 6.92 Å². The molecule has 1 amide bonds. The van der Waals surface area contributed by atoms with Crippen LogP contribution >= 0.6 is 0 Å². The van der Waals surface area contributed by atoms with Crippen LogP contribution in [0.2, 0.25) is 0 Å². The molecule has 1 saturated heterocycles. The van der Waals surface area contributed by atoms with Crippen LogP contribution in [-0.4, -0.2) is 41.1 Å². The highest BCUT2D eigenvalue weighted by Crippen LogP contribution is 2.25. The van der Waals surface area contributed by atoms with Crippen LogP contribution in [0.1, 0.15) is 31.0 Å². The van der Waals surface area contributed by atoms with Crippen LogP contribution in [0.25, 0.3) is 0 Å². The van der Waals surface area contributed by atoms with Gasteiger partial charge in [-0.15, -0.1) is 0 Å². The molecule has 1 aliphatic heterocycles. The van der Waals surface area contributed by atoms with Gasteiger partial charge in [0.1, 0.15) is 5.67 Å². The van der Waals surface area contributed by atoms with Gasteiger partial charge >= 0.3 is 0 Å². The molecule has 0 radical (unpaired) electrons. The number of nitrogens with one attached hydrogen (secondary N) is 1. The first-order chi connectivity index (χ1) is 9.48. The highest BCUT2D eigenvalue weighted by Gasteiger charge is 2.34. The highest BCUT2D eigenvalue weighted by molar-refractivity contribution is 5.73. The Hall–Kier alpha value is -1.49. The first kappa shape index (κ1) is 14.9. The quantitative estimate of drug-likeness (QED) is 0.914. The van der Waals surface area contributed by atoms with Gasteiger partial charge in [-0.25, -0.2) is 4.39 Å². The first-order valence-electron chi connectivity index (χ1n) is 7.05. The minimum atomic E-state index is -1.21. The van der Waals surface area contributed by atoms with Crippen molar-refractivity contribution in [3.8, 4) is 0 Å². The van der Waals surface area contributed by atoms with E-state index in [1.54, 1.807) is 4.90 Å². The number of halogens is 1. The number of hydrogen-bond acceptors (Lipinski definition) is 3. The maximum atomic E-state index is 14.6. The van der Waals surface area contributed by atoms with Crippen molar-refractivity contribution in [3.05, 3.63) is 29.6 Å². The number of piperidine rings is 1. The second-order valence-corrected chi connectivity index (χ2v) is 5.59. The number of pyridine rings is 1. The van der Waals surface area contributed by atoms with Crippen LogP contribution in [-0.2, 0) is 11.3 Å². The molecular formula is C15H22FN3O. The van der Waals surface area contributed by atoms with E-state index in [-0.39, 0.29) is 5.91 Å². The Balaban J connectivity index is 1.76. The molecule has 2 rings (SSSR count). The fraction of sp³-hybridized carbons (Fsp3) is 0.600. The van der Waals surface area contributed by atoms with E-state index in [1.807, 2.05) is 25.3 Å². The molecule has 2 heterocycles. The molecule has 110 valence electrons. The molecule has 1 fully saturated rings. The minimum Gasteiger partial charge on any atom is -0.343 e. The molecule has 0 aromatic carbocycles. The Morgan fingerprint density at radius 1 is 1.45 bits per heavy atom. The summed E-state index contributed by atoms with van der Waals surface area (Å²) in [6.45, 7) is 5.43. The average Bonchev–Trinajstić information content (AvgIpc) is 2.41. The van der Waals surface area contributed by atoms with Crippen LogP contribution in [0.4, 0.5) is 4.39 Å². The molecule has 5 heteroatoms. The number of nitrogens with zero attached hydrogens (tertiary/aromatic N) is 2. The molecule has 0 atom stereocenters. The molecular weight excluding hydrogens is 257 g/mol. The summed E-state index contributed by atoms with van der Waals surface area (Å²) in [7, 11) is 0. The van der Waals surface area contributed by atoms with Gasteiger partial charge in [0.25, 0.3) is 0 Å². The summed E-state index contributed by atoms with van der Waals surface area (Å²) in [5, 5.41) is 3.13. The molecule has 0 aliphatic carbocycles. The molecule has 1 aliphatic rings. The molecule has 0 bridgehead atoms. The van der Waals surface area contributed by atoms with E-state index < -0.39 is 5.67 Å². The second kappa shape index (κ2) is 6.31. The number of carbonyl (C=O) groups is 1. The fourth-order valence-electron chi connectivity index (χ4n) is 2.42. The maximum Gasteiger partial charge on any atom is 0.219 e. The van der Waals surface area contributed by atoms with Crippen molar-refractivity contribution >= 4 is 5.91 Å². The van der Waals surface area contributed by atoms with Crippen molar-refractivity contribution in [2.45, 2.75) is 38.9 Å². The maximum absolute atomic E-state index is 14.6. The Morgan fingerprint density at radius 2 is 2.15 bits per heavy atom. The third kappa shape index (κ3) is 4.00. The van der Waals surface area contributed by atoms with E-state index in [4.69, 9.17) is 0 Å². The van der Waals surface area contributed by atoms with Crippen molar-refractivity contribution in [2.24, 2.45) is 0 Å². The van der Waals surface area contributed by atoms with Gasteiger partial charge in [0, 0.05) is 52.1 Å². The number of rotatable bonds is 4. The molecule has 1 N–H and O–H groups in total. The van der Waals surface area contributed by atoms with Crippen molar-refractivity contribution in [3.63, 3.8) is 0 Å².